The number of carbonyl (C=O) groups is 1. The largest absolute Gasteiger partial charge is 0.389 e. The van der Waals surface area contributed by atoms with Crippen molar-refractivity contribution in [1.82, 2.24) is 0 Å². The minimum atomic E-state index is -3.63. The molecule has 1 N–H and O–H groups in total. The maximum atomic E-state index is 14.6. The van der Waals surface area contributed by atoms with Crippen molar-refractivity contribution in [2.75, 3.05) is 4.90 Å². The van der Waals surface area contributed by atoms with Gasteiger partial charge in [-0.1, -0.05) is 23.7 Å². The smallest absolute Gasteiger partial charge is 0.352 e. The quantitative estimate of drug-likeness (QED) is 0.803. The number of alkyl halides is 2. The molecule has 0 spiro atoms. The van der Waals surface area contributed by atoms with E-state index in [2.05, 4.69) is 0 Å². The van der Waals surface area contributed by atoms with E-state index < -0.39 is 17.9 Å². The average Bonchev–Trinajstić information content (AvgIpc) is 2.65. The number of benzene rings is 1. The molecule has 0 bridgehead atoms. The highest BCUT2D eigenvalue weighted by Gasteiger charge is 2.56. The molecule has 0 aliphatic carbocycles. The van der Waals surface area contributed by atoms with Crippen molar-refractivity contribution >= 4 is 23.2 Å². The van der Waals surface area contributed by atoms with Crippen LogP contribution in [0, 0.1) is 0 Å². The summed E-state index contributed by atoms with van der Waals surface area (Å²) in [5.41, 5.74) is 1.24. The Morgan fingerprint density at radius 3 is 2.79 bits per heavy atom. The van der Waals surface area contributed by atoms with E-state index in [0.29, 0.717) is 22.8 Å². The Kier molecular flexibility index (Phi) is 3.21. The SMILES string of the molecule is C[C@H](O)c1ccc2c3c1C(F)(F)C(=O)N3Cc1ccc(Cl)c[n+]1C2. The van der Waals surface area contributed by atoms with Crippen LogP contribution in [0.2, 0.25) is 5.02 Å². The van der Waals surface area contributed by atoms with E-state index in [1.807, 2.05) is 4.57 Å². The molecule has 4 nitrogen and oxygen atoms in total. The first-order chi connectivity index (χ1) is 11.3. The van der Waals surface area contributed by atoms with Gasteiger partial charge in [-0.25, -0.2) is 0 Å². The Labute approximate surface area is 141 Å². The highest BCUT2D eigenvalue weighted by Crippen LogP contribution is 2.50. The second kappa shape index (κ2) is 4.97. The first-order valence-electron chi connectivity index (χ1n) is 7.52. The van der Waals surface area contributed by atoms with Gasteiger partial charge in [0, 0.05) is 11.6 Å². The van der Waals surface area contributed by atoms with Crippen LogP contribution < -0.4 is 9.47 Å². The molecule has 2 aromatic rings. The number of aromatic nitrogens is 1. The molecule has 0 unspecified atom stereocenters. The summed E-state index contributed by atoms with van der Waals surface area (Å²) in [7, 11) is 0. The molecule has 0 radical (unpaired) electrons. The Bertz CT molecular complexity index is 883. The van der Waals surface area contributed by atoms with Gasteiger partial charge in [-0.3, -0.25) is 9.69 Å². The molecule has 3 heterocycles. The predicted molar refractivity (Wildman–Crippen MR) is 82.9 cm³/mol. The first-order valence-corrected chi connectivity index (χ1v) is 7.90. The molecule has 0 fully saturated rings. The molecule has 1 amide bonds. The average molecular weight is 352 g/mol. The van der Waals surface area contributed by atoms with Crippen LogP contribution >= 0.6 is 11.6 Å². The number of pyridine rings is 1. The summed E-state index contributed by atoms with van der Waals surface area (Å²) in [5.74, 6) is -4.89. The fraction of sp³-hybridized carbons (Fsp3) is 0.294. The maximum absolute atomic E-state index is 14.6. The highest BCUT2D eigenvalue weighted by atomic mass is 35.5. The molecule has 0 saturated heterocycles. The standard InChI is InChI=1S/C17H14ClF2N2O2/c1-9(23)13-5-2-10-6-21-7-11(18)3-4-12(21)8-22-15(10)14(13)17(19,20)16(22)24/h2-5,7,9,23H,6,8H2,1H3/q+1/t9-/m0/s1. The van der Waals surface area contributed by atoms with Gasteiger partial charge in [-0.2, -0.15) is 13.3 Å². The number of hydrogen-bond acceptors (Lipinski definition) is 2. The van der Waals surface area contributed by atoms with Crippen LogP contribution in [0.5, 0.6) is 0 Å². The maximum Gasteiger partial charge on any atom is 0.352 e. The van der Waals surface area contributed by atoms with Gasteiger partial charge in [0.05, 0.1) is 17.4 Å². The zero-order valence-corrected chi connectivity index (χ0v) is 13.5. The van der Waals surface area contributed by atoms with Crippen LogP contribution in [-0.2, 0) is 23.8 Å². The monoisotopic (exact) mass is 351 g/mol. The van der Waals surface area contributed by atoms with Crippen LogP contribution in [0.4, 0.5) is 14.5 Å². The van der Waals surface area contributed by atoms with Gasteiger partial charge in [0.1, 0.15) is 11.6 Å². The van der Waals surface area contributed by atoms with Crippen molar-refractivity contribution in [3.63, 3.8) is 0 Å². The Hall–Kier alpha value is -2.05. The molecule has 24 heavy (non-hydrogen) atoms. The molecule has 7 heteroatoms. The van der Waals surface area contributed by atoms with E-state index in [4.69, 9.17) is 11.6 Å². The van der Waals surface area contributed by atoms with E-state index >= 15 is 0 Å². The van der Waals surface area contributed by atoms with Gasteiger partial charge in [-0.05, 0) is 18.6 Å². The lowest BCUT2D eigenvalue weighted by molar-refractivity contribution is -0.694. The summed E-state index contributed by atoms with van der Waals surface area (Å²) in [6, 6.07) is 6.56. The first kappa shape index (κ1) is 15.5. The highest BCUT2D eigenvalue weighted by molar-refractivity contribution is 6.30. The molecule has 124 valence electrons. The molecule has 4 rings (SSSR count). The Morgan fingerprint density at radius 2 is 2.08 bits per heavy atom. The summed E-state index contributed by atoms with van der Waals surface area (Å²) >= 11 is 6.03. The second-order valence-electron chi connectivity index (χ2n) is 6.15. The van der Waals surface area contributed by atoms with Crippen molar-refractivity contribution in [1.29, 1.82) is 0 Å². The number of anilines is 1. The van der Waals surface area contributed by atoms with Gasteiger partial charge in [-0.15, -0.1) is 0 Å². The molecule has 0 saturated carbocycles. The number of nitrogens with zero attached hydrogens (tertiary/aromatic N) is 2. The fourth-order valence-corrected chi connectivity index (χ4v) is 3.66. The minimum Gasteiger partial charge on any atom is -0.389 e. The van der Waals surface area contributed by atoms with Crippen LogP contribution in [0.1, 0.15) is 35.4 Å². The number of halogens is 3. The summed E-state index contributed by atoms with van der Waals surface area (Å²) in [4.78, 5) is 13.5. The van der Waals surface area contributed by atoms with Crippen LogP contribution in [0.15, 0.2) is 30.5 Å². The van der Waals surface area contributed by atoms with Crippen LogP contribution in [-0.4, -0.2) is 11.0 Å². The van der Waals surface area contributed by atoms with Crippen molar-refractivity contribution < 1.29 is 23.2 Å². The molecule has 2 aliphatic rings. The molecular weight excluding hydrogens is 338 g/mol. The fourth-order valence-electron chi connectivity index (χ4n) is 3.48. The van der Waals surface area contributed by atoms with Gasteiger partial charge < -0.3 is 5.11 Å². The normalized spacial score (nSPS) is 18.9. The van der Waals surface area contributed by atoms with Crippen molar-refractivity contribution in [2.45, 2.75) is 32.0 Å². The summed E-state index contributed by atoms with van der Waals surface area (Å²) in [6.45, 7) is 1.79. The molecule has 1 atom stereocenters. The second-order valence-corrected chi connectivity index (χ2v) is 6.58. The van der Waals surface area contributed by atoms with Crippen molar-refractivity contribution in [2.24, 2.45) is 0 Å². The number of rotatable bonds is 1. The summed E-state index contributed by atoms with van der Waals surface area (Å²) in [6.07, 6.45) is 0.632. The number of carbonyl (C=O) groups excluding carboxylic acids is 1. The zero-order chi connectivity index (χ0) is 17.2. The van der Waals surface area contributed by atoms with Gasteiger partial charge >= 0.3 is 11.8 Å². The van der Waals surface area contributed by atoms with Crippen molar-refractivity contribution in [3.05, 3.63) is 57.9 Å². The molecule has 1 aromatic heterocycles. The predicted octanol–water partition coefficient (Wildman–Crippen LogP) is 2.68. The van der Waals surface area contributed by atoms with Crippen molar-refractivity contribution in [3.8, 4) is 0 Å². The lowest BCUT2D eigenvalue weighted by Gasteiger charge is -2.16. The number of hydrogen-bond donors (Lipinski definition) is 1. The third-order valence-corrected chi connectivity index (χ3v) is 4.81. The Balaban J connectivity index is 2.00. The summed E-state index contributed by atoms with van der Waals surface area (Å²) < 4.78 is 31.1. The third-order valence-electron chi connectivity index (χ3n) is 4.59. The molecule has 1 aromatic carbocycles. The van der Waals surface area contributed by atoms with Crippen LogP contribution in [0.25, 0.3) is 0 Å². The number of amides is 1. The molecule has 2 aliphatic heterocycles. The Morgan fingerprint density at radius 1 is 1.33 bits per heavy atom. The lowest BCUT2D eigenvalue weighted by Crippen LogP contribution is -2.41. The van der Waals surface area contributed by atoms with Gasteiger partial charge in [0.15, 0.2) is 12.7 Å². The van der Waals surface area contributed by atoms with E-state index in [1.54, 1.807) is 24.4 Å². The van der Waals surface area contributed by atoms with Crippen LogP contribution in [0.3, 0.4) is 0 Å². The van der Waals surface area contributed by atoms with Gasteiger partial charge in [0.25, 0.3) is 0 Å². The topological polar surface area (TPSA) is 44.4 Å². The van der Waals surface area contributed by atoms with E-state index in [1.165, 1.54) is 13.0 Å². The third kappa shape index (κ3) is 1.99. The van der Waals surface area contributed by atoms with E-state index in [-0.39, 0.29) is 23.4 Å². The zero-order valence-electron chi connectivity index (χ0n) is 12.8. The number of fused-ring (bicyclic) bond motifs is 1. The number of aliphatic hydroxyl groups excluding tert-OH is 1. The minimum absolute atomic E-state index is 0.0366. The lowest BCUT2D eigenvalue weighted by atomic mass is 9.95. The van der Waals surface area contributed by atoms with E-state index in [0.717, 1.165) is 4.90 Å². The number of aliphatic hydroxyl groups is 1. The molecular formula is C17H14ClF2N2O2+. The van der Waals surface area contributed by atoms with Gasteiger partial charge in [0.2, 0.25) is 5.69 Å². The summed E-state index contributed by atoms with van der Waals surface area (Å²) in [5, 5.41) is 10.4. The van der Waals surface area contributed by atoms with E-state index in [9.17, 15) is 18.7 Å².